The van der Waals surface area contributed by atoms with Gasteiger partial charge < -0.3 is 10.1 Å². The maximum absolute atomic E-state index is 12.8. The highest BCUT2D eigenvalue weighted by Gasteiger charge is 2.23. The van der Waals surface area contributed by atoms with Crippen molar-refractivity contribution in [2.75, 3.05) is 16.6 Å². The number of carbonyl (C=O) groups excluding carboxylic acids is 2. The molecule has 0 aliphatic rings. The zero-order valence-corrected chi connectivity index (χ0v) is 20.0. The van der Waals surface area contributed by atoms with Gasteiger partial charge in [0, 0.05) is 21.2 Å². The van der Waals surface area contributed by atoms with Crippen molar-refractivity contribution in [3.8, 4) is 0 Å². The number of hydrogen-bond donors (Lipinski definition) is 2. The largest absolute Gasteiger partial charge is 0.462 e. The van der Waals surface area contributed by atoms with E-state index in [0.29, 0.717) is 15.6 Å². The van der Waals surface area contributed by atoms with Crippen molar-refractivity contribution in [2.45, 2.75) is 25.7 Å². The van der Waals surface area contributed by atoms with Crippen molar-refractivity contribution in [1.82, 2.24) is 0 Å². The standard InChI is InChI=1S/C22H21ClN2O5S2/c1-4-30-22(27)19-13(2)14(3)31-21(19)24-20(26)15-6-5-7-17(12-15)25-32(28,29)18-10-8-16(23)9-11-18/h5-12,25H,4H2,1-3H3,(H,24,26). The molecule has 3 aromatic rings. The molecule has 1 aromatic heterocycles. The Bertz CT molecular complexity index is 1270. The van der Waals surface area contributed by atoms with E-state index in [1.54, 1.807) is 26.0 Å². The van der Waals surface area contributed by atoms with Gasteiger partial charge in [0.05, 0.1) is 17.1 Å². The molecule has 0 saturated carbocycles. The number of anilines is 2. The first-order chi connectivity index (χ1) is 15.1. The fourth-order valence-corrected chi connectivity index (χ4v) is 5.11. The minimum Gasteiger partial charge on any atom is -0.462 e. The monoisotopic (exact) mass is 492 g/mol. The summed E-state index contributed by atoms with van der Waals surface area (Å²) in [7, 11) is -3.86. The Balaban J connectivity index is 1.83. The van der Waals surface area contributed by atoms with Gasteiger partial charge in [-0.1, -0.05) is 17.7 Å². The molecule has 32 heavy (non-hydrogen) atoms. The van der Waals surface area contributed by atoms with Crippen LogP contribution in [0.1, 0.15) is 38.1 Å². The summed E-state index contributed by atoms with van der Waals surface area (Å²) in [6.07, 6.45) is 0. The zero-order chi connectivity index (χ0) is 23.5. The van der Waals surface area contributed by atoms with Gasteiger partial charge in [0.1, 0.15) is 5.00 Å². The van der Waals surface area contributed by atoms with Crippen molar-refractivity contribution >= 4 is 55.5 Å². The van der Waals surface area contributed by atoms with Crippen molar-refractivity contribution in [2.24, 2.45) is 0 Å². The van der Waals surface area contributed by atoms with E-state index in [0.717, 1.165) is 10.4 Å². The van der Waals surface area contributed by atoms with E-state index in [9.17, 15) is 18.0 Å². The van der Waals surface area contributed by atoms with Crippen molar-refractivity contribution in [3.05, 3.63) is 75.1 Å². The molecule has 168 valence electrons. The van der Waals surface area contributed by atoms with E-state index in [2.05, 4.69) is 10.0 Å². The third-order valence-electron chi connectivity index (χ3n) is 4.59. The van der Waals surface area contributed by atoms with Crippen LogP contribution in [0.3, 0.4) is 0 Å². The van der Waals surface area contributed by atoms with Crippen LogP contribution in [0.2, 0.25) is 5.02 Å². The van der Waals surface area contributed by atoms with Crippen LogP contribution in [0.15, 0.2) is 53.4 Å². The van der Waals surface area contributed by atoms with Gasteiger partial charge in [-0.05, 0) is 68.8 Å². The lowest BCUT2D eigenvalue weighted by molar-refractivity contribution is 0.0527. The van der Waals surface area contributed by atoms with Gasteiger partial charge in [0.15, 0.2) is 0 Å². The second-order valence-electron chi connectivity index (χ2n) is 6.80. The van der Waals surface area contributed by atoms with Crippen LogP contribution in [-0.4, -0.2) is 26.9 Å². The van der Waals surface area contributed by atoms with E-state index >= 15 is 0 Å². The molecule has 0 bridgehead atoms. The van der Waals surface area contributed by atoms with E-state index in [1.165, 1.54) is 47.7 Å². The SMILES string of the molecule is CCOC(=O)c1c(NC(=O)c2cccc(NS(=O)(=O)c3ccc(Cl)cc3)c2)sc(C)c1C. The molecule has 2 N–H and O–H groups in total. The first kappa shape index (κ1) is 23.8. The average Bonchev–Trinajstić information content (AvgIpc) is 3.01. The quantitative estimate of drug-likeness (QED) is 0.439. The van der Waals surface area contributed by atoms with E-state index < -0.39 is 21.9 Å². The molecule has 0 spiro atoms. The second-order valence-corrected chi connectivity index (χ2v) is 10.1. The van der Waals surface area contributed by atoms with E-state index in [4.69, 9.17) is 16.3 Å². The first-order valence-corrected chi connectivity index (χ1v) is 12.3. The molecule has 0 aliphatic carbocycles. The van der Waals surface area contributed by atoms with Gasteiger partial charge in [-0.25, -0.2) is 13.2 Å². The molecular weight excluding hydrogens is 472 g/mol. The highest BCUT2D eigenvalue weighted by Crippen LogP contribution is 2.33. The number of amides is 1. The number of aryl methyl sites for hydroxylation is 1. The zero-order valence-electron chi connectivity index (χ0n) is 17.6. The van der Waals surface area contributed by atoms with Crippen LogP contribution in [0.5, 0.6) is 0 Å². The highest BCUT2D eigenvalue weighted by atomic mass is 35.5. The first-order valence-electron chi connectivity index (χ1n) is 9.59. The van der Waals surface area contributed by atoms with Gasteiger partial charge in [0.25, 0.3) is 15.9 Å². The number of nitrogens with one attached hydrogen (secondary N) is 2. The summed E-state index contributed by atoms with van der Waals surface area (Å²) in [5.41, 5.74) is 1.51. The van der Waals surface area contributed by atoms with Gasteiger partial charge in [-0.2, -0.15) is 0 Å². The third-order valence-corrected chi connectivity index (χ3v) is 7.36. The smallest absolute Gasteiger partial charge is 0.341 e. The van der Waals surface area contributed by atoms with Crippen LogP contribution >= 0.6 is 22.9 Å². The Morgan fingerprint density at radius 3 is 2.44 bits per heavy atom. The summed E-state index contributed by atoms with van der Waals surface area (Å²) in [4.78, 5) is 26.1. The Kier molecular flexibility index (Phi) is 7.22. The molecule has 1 amide bonds. The molecule has 7 nitrogen and oxygen atoms in total. The number of benzene rings is 2. The van der Waals surface area contributed by atoms with Crippen LogP contribution < -0.4 is 10.0 Å². The highest BCUT2D eigenvalue weighted by molar-refractivity contribution is 7.92. The summed E-state index contributed by atoms with van der Waals surface area (Å²) in [5, 5.41) is 3.55. The summed E-state index contributed by atoms with van der Waals surface area (Å²) >= 11 is 7.09. The number of esters is 1. The number of thiophene rings is 1. The summed E-state index contributed by atoms with van der Waals surface area (Å²) in [5.74, 6) is -0.988. The lowest BCUT2D eigenvalue weighted by Gasteiger charge is -2.10. The third kappa shape index (κ3) is 5.29. The topological polar surface area (TPSA) is 102 Å². The fraction of sp³-hybridized carbons (Fsp3) is 0.182. The molecule has 0 unspecified atom stereocenters. The molecule has 0 radical (unpaired) electrons. The minimum atomic E-state index is -3.86. The molecule has 1 heterocycles. The number of halogens is 1. The summed E-state index contributed by atoms with van der Waals surface area (Å²) in [6, 6.07) is 11.8. The molecule has 10 heteroatoms. The molecule has 0 aliphatic heterocycles. The van der Waals surface area contributed by atoms with Gasteiger partial charge in [0.2, 0.25) is 0 Å². The van der Waals surface area contributed by atoms with E-state index in [1.807, 2.05) is 6.92 Å². The Hall–Kier alpha value is -2.88. The van der Waals surface area contributed by atoms with Gasteiger partial charge in [-0.15, -0.1) is 11.3 Å². The Morgan fingerprint density at radius 1 is 1.09 bits per heavy atom. The number of carbonyl (C=O) groups is 2. The average molecular weight is 493 g/mol. The Morgan fingerprint density at radius 2 is 1.78 bits per heavy atom. The van der Waals surface area contributed by atoms with E-state index in [-0.39, 0.29) is 22.8 Å². The number of ether oxygens (including phenoxy) is 1. The molecule has 0 atom stereocenters. The van der Waals surface area contributed by atoms with Crippen LogP contribution in [0.4, 0.5) is 10.7 Å². The minimum absolute atomic E-state index is 0.0420. The van der Waals surface area contributed by atoms with Crippen LogP contribution in [0.25, 0.3) is 0 Å². The number of hydrogen-bond acceptors (Lipinski definition) is 6. The second kappa shape index (κ2) is 9.72. The fourth-order valence-electron chi connectivity index (χ4n) is 2.89. The van der Waals surface area contributed by atoms with Crippen LogP contribution in [0, 0.1) is 13.8 Å². The summed E-state index contributed by atoms with van der Waals surface area (Å²) < 4.78 is 32.8. The Labute approximate surface area is 195 Å². The van der Waals surface area contributed by atoms with Crippen LogP contribution in [-0.2, 0) is 14.8 Å². The lowest BCUT2D eigenvalue weighted by atomic mass is 10.1. The van der Waals surface area contributed by atoms with Gasteiger partial charge in [-0.3, -0.25) is 9.52 Å². The normalized spacial score (nSPS) is 11.1. The molecule has 2 aromatic carbocycles. The number of sulfonamides is 1. The lowest BCUT2D eigenvalue weighted by Crippen LogP contribution is -2.16. The number of rotatable bonds is 7. The molecule has 3 rings (SSSR count). The maximum atomic E-state index is 12.8. The predicted octanol–water partition coefficient (Wildman–Crippen LogP) is 5.25. The van der Waals surface area contributed by atoms with Gasteiger partial charge >= 0.3 is 5.97 Å². The maximum Gasteiger partial charge on any atom is 0.341 e. The molecule has 0 saturated heterocycles. The summed E-state index contributed by atoms with van der Waals surface area (Å²) in [6.45, 7) is 5.57. The van der Waals surface area contributed by atoms with Crippen molar-refractivity contribution in [1.29, 1.82) is 0 Å². The molecular formula is C22H21ClN2O5S2. The van der Waals surface area contributed by atoms with Crippen molar-refractivity contribution < 1.29 is 22.7 Å². The molecule has 0 fully saturated rings. The van der Waals surface area contributed by atoms with Crippen molar-refractivity contribution in [3.63, 3.8) is 0 Å². The predicted molar refractivity (Wildman–Crippen MR) is 126 cm³/mol.